The average molecular weight is 373 g/mol. The quantitative estimate of drug-likeness (QED) is 0.622. The molecule has 0 bridgehead atoms. The molecule has 0 aliphatic heterocycles. The molecule has 3 nitrogen and oxygen atoms in total. The zero-order valence-electron chi connectivity index (χ0n) is 8.50. The molecule has 3 aromatic rings. The van der Waals surface area contributed by atoms with Crippen LogP contribution in [0.15, 0.2) is 32.5 Å². The van der Waals surface area contributed by atoms with Gasteiger partial charge in [0.15, 0.2) is 0 Å². The number of halogens is 2. The molecule has 0 radical (unpaired) electrons. The van der Waals surface area contributed by atoms with Gasteiger partial charge in [0.05, 0.1) is 19.9 Å². The van der Waals surface area contributed by atoms with Crippen LogP contribution in [-0.2, 0) is 0 Å². The Morgan fingerprint density at radius 3 is 2.76 bits per heavy atom. The van der Waals surface area contributed by atoms with Crippen molar-refractivity contribution >= 4 is 59.9 Å². The molecule has 0 saturated carbocycles. The van der Waals surface area contributed by atoms with Gasteiger partial charge in [-0.1, -0.05) is 15.9 Å². The molecule has 6 heteroatoms. The van der Waals surface area contributed by atoms with Crippen LogP contribution in [0.25, 0.3) is 21.7 Å². The lowest BCUT2D eigenvalue weighted by atomic mass is 10.3. The molecular formula is C11H7Br2N3S. The van der Waals surface area contributed by atoms with E-state index in [0.29, 0.717) is 5.69 Å². The van der Waals surface area contributed by atoms with Gasteiger partial charge in [0.25, 0.3) is 0 Å². The summed E-state index contributed by atoms with van der Waals surface area (Å²) in [6.07, 6.45) is 0. The Morgan fingerprint density at radius 2 is 2.06 bits per heavy atom. The number of H-pyrrole nitrogens is 1. The molecule has 1 aromatic carbocycles. The zero-order valence-corrected chi connectivity index (χ0v) is 12.5. The van der Waals surface area contributed by atoms with Crippen LogP contribution in [0.5, 0.6) is 0 Å². The largest absolute Gasteiger partial charge is 0.397 e. The average Bonchev–Trinajstić information content (AvgIpc) is 2.83. The van der Waals surface area contributed by atoms with Gasteiger partial charge < -0.3 is 10.7 Å². The van der Waals surface area contributed by atoms with Crippen molar-refractivity contribution in [2.45, 2.75) is 0 Å². The smallest absolute Gasteiger partial charge is 0.148 e. The summed E-state index contributed by atoms with van der Waals surface area (Å²) in [5.74, 6) is 0.848. The monoisotopic (exact) mass is 371 g/mol. The van der Waals surface area contributed by atoms with Gasteiger partial charge in [-0.3, -0.25) is 0 Å². The summed E-state index contributed by atoms with van der Waals surface area (Å²) in [5, 5.41) is 0. The van der Waals surface area contributed by atoms with Gasteiger partial charge in [-0.05, 0) is 40.2 Å². The molecule has 0 fully saturated rings. The first-order valence-corrected chi connectivity index (χ1v) is 7.24. The van der Waals surface area contributed by atoms with Gasteiger partial charge in [0, 0.05) is 4.47 Å². The van der Waals surface area contributed by atoms with Crippen molar-refractivity contribution in [1.29, 1.82) is 0 Å². The minimum atomic E-state index is 0.674. The Balaban J connectivity index is 2.23. The Bertz CT molecular complexity index is 702. The summed E-state index contributed by atoms with van der Waals surface area (Å²) in [5.41, 5.74) is 8.36. The van der Waals surface area contributed by atoms with E-state index in [-0.39, 0.29) is 0 Å². The molecule has 2 heterocycles. The maximum Gasteiger partial charge on any atom is 0.148 e. The van der Waals surface area contributed by atoms with Crippen molar-refractivity contribution in [3.8, 4) is 10.7 Å². The van der Waals surface area contributed by atoms with Crippen molar-refractivity contribution in [3.05, 3.63) is 32.5 Å². The molecule has 0 aliphatic carbocycles. The molecule has 0 amide bonds. The zero-order chi connectivity index (χ0) is 12.0. The van der Waals surface area contributed by atoms with Gasteiger partial charge in [-0.25, -0.2) is 4.98 Å². The summed E-state index contributed by atoms with van der Waals surface area (Å²) in [4.78, 5) is 8.89. The number of hydrogen-bond acceptors (Lipinski definition) is 3. The van der Waals surface area contributed by atoms with Gasteiger partial charge in [-0.15, -0.1) is 11.3 Å². The summed E-state index contributed by atoms with van der Waals surface area (Å²) < 4.78 is 2.03. The second-order valence-electron chi connectivity index (χ2n) is 3.58. The SMILES string of the molecule is Nc1cc(Br)cc2[nH]c(-c3ccc(Br)s3)nc12. The minimum Gasteiger partial charge on any atom is -0.397 e. The third-order valence-corrected chi connectivity index (χ3v) is 4.48. The number of benzene rings is 1. The Hall–Kier alpha value is -0.850. The van der Waals surface area contributed by atoms with E-state index in [2.05, 4.69) is 41.8 Å². The number of aromatic nitrogens is 2. The maximum atomic E-state index is 5.94. The fraction of sp³-hybridized carbons (Fsp3) is 0. The van der Waals surface area contributed by atoms with Crippen molar-refractivity contribution in [2.24, 2.45) is 0 Å². The molecule has 0 atom stereocenters. The standard InChI is InChI=1S/C11H7Br2N3S/c12-5-3-6(14)10-7(4-5)15-11(16-10)8-1-2-9(13)17-8/h1-4H,14H2,(H,15,16). The highest BCUT2D eigenvalue weighted by molar-refractivity contribution is 9.11. The molecule has 0 spiro atoms. The minimum absolute atomic E-state index is 0.674. The predicted molar refractivity (Wildman–Crippen MR) is 79.2 cm³/mol. The number of imidazole rings is 1. The lowest BCUT2D eigenvalue weighted by Crippen LogP contribution is -1.86. The Kier molecular flexibility index (Phi) is 2.72. The Labute approximate surface area is 118 Å². The molecule has 0 unspecified atom stereocenters. The van der Waals surface area contributed by atoms with Crippen molar-refractivity contribution in [2.75, 3.05) is 5.73 Å². The molecule has 17 heavy (non-hydrogen) atoms. The number of aromatic amines is 1. The van der Waals surface area contributed by atoms with Gasteiger partial charge >= 0.3 is 0 Å². The van der Waals surface area contributed by atoms with E-state index in [0.717, 1.165) is 30.0 Å². The molecule has 3 rings (SSSR count). The molecule has 3 N–H and O–H groups in total. The van der Waals surface area contributed by atoms with E-state index >= 15 is 0 Å². The van der Waals surface area contributed by atoms with Crippen LogP contribution < -0.4 is 5.73 Å². The number of rotatable bonds is 1. The van der Waals surface area contributed by atoms with E-state index in [1.165, 1.54) is 0 Å². The highest BCUT2D eigenvalue weighted by atomic mass is 79.9. The first kappa shape index (κ1) is 11.3. The van der Waals surface area contributed by atoms with Crippen LogP contribution in [0.3, 0.4) is 0 Å². The van der Waals surface area contributed by atoms with Crippen molar-refractivity contribution < 1.29 is 0 Å². The fourth-order valence-corrected chi connectivity index (χ4v) is 3.47. The lowest BCUT2D eigenvalue weighted by Gasteiger charge is -1.94. The van der Waals surface area contributed by atoms with Crippen LogP contribution in [-0.4, -0.2) is 9.97 Å². The van der Waals surface area contributed by atoms with Crippen LogP contribution >= 0.6 is 43.2 Å². The topological polar surface area (TPSA) is 54.7 Å². The van der Waals surface area contributed by atoms with Crippen LogP contribution in [0.1, 0.15) is 0 Å². The van der Waals surface area contributed by atoms with E-state index in [4.69, 9.17) is 5.73 Å². The van der Waals surface area contributed by atoms with E-state index < -0.39 is 0 Å². The van der Waals surface area contributed by atoms with Crippen LogP contribution in [0.2, 0.25) is 0 Å². The van der Waals surface area contributed by atoms with E-state index in [9.17, 15) is 0 Å². The van der Waals surface area contributed by atoms with Crippen molar-refractivity contribution in [1.82, 2.24) is 9.97 Å². The normalized spacial score (nSPS) is 11.2. The highest BCUT2D eigenvalue weighted by Crippen LogP contribution is 2.32. The number of nitrogens with one attached hydrogen (secondary N) is 1. The molecule has 86 valence electrons. The lowest BCUT2D eigenvalue weighted by molar-refractivity contribution is 1.36. The predicted octanol–water partition coefficient (Wildman–Crippen LogP) is 4.40. The summed E-state index contributed by atoms with van der Waals surface area (Å²) in [7, 11) is 0. The molecule has 0 saturated heterocycles. The fourth-order valence-electron chi connectivity index (χ4n) is 1.67. The first-order valence-electron chi connectivity index (χ1n) is 4.84. The number of nitrogen functional groups attached to an aromatic ring is 1. The highest BCUT2D eigenvalue weighted by Gasteiger charge is 2.10. The van der Waals surface area contributed by atoms with Gasteiger partial charge in [0.1, 0.15) is 11.3 Å². The number of nitrogens with zero attached hydrogens (tertiary/aromatic N) is 1. The molecular weight excluding hydrogens is 366 g/mol. The molecule has 2 aromatic heterocycles. The number of fused-ring (bicyclic) bond motifs is 1. The number of thiophene rings is 1. The molecule has 0 aliphatic rings. The first-order chi connectivity index (χ1) is 8.13. The van der Waals surface area contributed by atoms with Crippen LogP contribution in [0, 0.1) is 0 Å². The number of anilines is 1. The summed E-state index contributed by atoms with van der Waals surface area (Å²) in [6, 6.07) is 7.87. The third-order valence-electron chi connectivity index (χ3n) is 2.39. The maximum absolute atomic E-state index is 5.94. The summed E-state index contributed by atoms with van der Waals surface area (Å²) >= 11 is 8.50. The second-order valence-corrected chi connectivity index (χ2v) is 6.96. The van der Waals surface area contributed by atoms with Gasteiger partial charge in [0.2, 0.25) is 0 Å². The number of nitrogens with two attached hydrogens (primary N) is 1. The summed E-state index contributed by atoms with van der Waals surface area (Å²) in [6.45, 7) is 0. The van der Waals surface area contributed by atoms with Crippen molar-refractivity contribution in [3.63, 3.8) is 0 Å². The third kappa shape index (κ3) is 2.00. The van der Waals surface area contributed by atoms with Crippen LogP contribution in [0.4, 0.5) is 5.69 Å². The second kappa shape index (κ2) is 4.12. The van der Waals surface area contributed by atoms with E-state index in [1.807, 2.05) is 24.3 Å². The number of hydrogen-bond donors (Lipinski definition) is 2. The van der Waals surface area contributed by atoms with Gasteiger partial charge in [-0.2, -0.15) is 0 Å². The Morgan fingerprint density at radius 1 is 1.24 bits per heavy atom. The van der Waals surface area contributed by atoms with E-state index in [1.54, 1.807) is 11.3 Å².